The van der Waals surface area contributed by atoms with Gasteiger partial charge in [-0.3, -0.25) is 0 Å². The van der Waals surface area contributed by atoms with Gasteiger partial charge in [-0.05, 0) is 50.4 Å². The average Bonchev–Trinajstić information content (AvgIpc) is 3.47. The van der Waals surface area contributed by atoms with Crippen molar-refractivity contribution in [1.82, 2.24) is 24.4 Å². The fourth-order valence-corrected chi connectivity index (χ4v) is 4.60. The molecule has 0 spiro atoms. The SMILES string of the molecule is CP(C)c1cnn(-c2cnn3ccc(N4CCC[C@@H]4c4cc(F)ccc4F)nc23)c1. The normalized spacial score (nSPS) is 16.8. The molecule has 0 aliphatic carbocycles. The first-order valence-electron chi connectivity index (χ1n) is 9.79. The van der Waals surface area contributed by atoms with Crippen LogP contribution in [0.3, 0.4) is 0 Å². The molecule has 4 heterocycles. The van der Waals surface area contributed by atoms with E-state index in [1.165, 1.54) is 17.4 Å². The van der Waals surface area contributed by atoms with Crippen molar-refractivity contribution in [3.63, 3.8) is 0 Å². The zero-order chi connectivity index (χ0) is 20.8. The number of nitrogens with zero attached hydrogens (tertiary/aromatic N) is 6. The lowest BCUT2D eigenvalue weighted by atomic mass is 10.0. The van der Waals surface area contributed by atoms with Crippen LogP contribution < -0.4 is 10.2 Å². The van der Waals surface area contributed by atoms with Gasteiger partial charge in [0.2, 0.25) is 0 Å². The molecular formula is C21H21F2N6P. The van der Waals surface area contributed by atoms with Crippen molar-refractivity contribution < 1.29 is 8.78 Å². The first kappa shape index (κ1) is 19.1. The van der Waals surface area contributed by atoms with E-state index < -0.39 is 5.82 Å². The summed E-state index contributed by atoms with van der Waals surface area (Å²) in [5.74, 6) is -0.101. The van der Waals surface area contributed by atoms with E-state index in [1.807, 2.05) is 29.6 Å². The Morgan fingerprint density at radius 3 is 2.77 bits per heavy atom. The van der Waals surface area contributed by atoms with Gasteiger partial charge < -0.3 is 4.90 Å². The molecule has 0 unspecified atom stereocenters. The minimum atomic E-state index is -0.430. The quantitative estimate of drug-likeness (QED) is 0.465. The van der Waals surface area contributed by atoms with Gasteiger partial charge in [0.15, 0.2) is 5.65 Å². The molecule has 154 valence electrons. The van der Waals surface area contributed by atoms with Crippen molar-refractivity contribution in [2.75, 3.05) is 24.8 Å². The van der Waals surface area contributed by atoms with Crippen LogP contribution in [0.5, 0.6) is 0 Å². The molecule has 0 N–H and O–H groups in total. The summed E-state index contributed by atoms with van der Waals surface area (Å²) in [6, 6.07) is 5.25. The lowest BCUT2D eigenvalue weighted by Crippen LogP contribution is -2.24. The van der Waals surface area contributed by atoms with E-state index in [1.54, 1.807) is 15.4 Å². The first-order chi connectivity index (χ1) is 14.5. The van der Waals surface area contributed by atoms with Crippen LogP contribution in [0.15, 0.2) is 49.1 Å². The highest BCUT2D eigenvalue weighted by molar-refractivity contribution is 7.64. The monoisotopic (exact) mass is 426 g/mol. The van der Waals surface area contributed by atoms with Gasteiger partial charge in [0.05, 0.1) is 18.4 Å². The van der Waals surface area contributed by atoms with Crippen LogP contribution in [0.4, 0.5) is 14.6 Å². The molecule has 5 rings (SSSR count). The summed E-state index contributed by atoms with van der Waals surface area (Å²) in [6.07, 6.45) is 9.11. The zero-order valence-electron chi connectivity index (χ0n) is 16.7. The molecular weight excluding hydrogens is 405 g/mol. The molecule has 9 heteroatoms. The van der Waals surface area contributed by atoms with Gasteiger partial charge in [0.1, 0.15) is 23.1 Å². The summed E-state index contributed by atoms with van der Waals surface area (Å²) in [4.78, 5) is 6.87. The Kier molecular flexibility index (Phi) is 4.74. The third-order valence-electron chi connectivity index (χ3n) is 5.53. The molecule has 0 amide bonds. The van der Waals surface area contributed by atoms with Crippen LogP contribution in [-0.4, -0.2) is 44.3 Å². The van der Waals surface area contributed by atoms with Crippen LogP contribution in [0.25, 0.3) is 11.3 Å². The molecule has 1 atom stereocenters. The Labute approximate surface area is 173 Å². The summed E-state index contributed by atoms with van der Waals surface area (Å²) in [7, 11) is -0.250. The molecule has 0 radical (unpaired) electrons. The standard InChI is InChI=1S/C21H21F2N6P/c1-30(2)15-11-24-29(13-15)19-12-25-28-9-7-20(26-21(19)28)27-8-3-4-18(27)16-10-14(22)5-6-17(16)23/h5-7,9-13,18H,3-4,8H2,1-2H3/t18-/m1/s1. The Morgan fingerprint density at radius 1 is 1.10 bits per heavy atom. The van der Waals surface area contributed by atoms with E-state index >= 15 is 0 Å². The van der Waals surface area contributed by atoms with E-state index in [9.17, 15) is 8.78 Å². The lowest BCUT2D eigenvalue weighted by Gasteiger charge is -2.26. The predicted molar refractivity (Wildman–Crippen MR) is 114 cm³/mol. The minimum absolute atomic E-state index is 0.248. The summed E-state index contributed by atoms with van der Waals surface area (Å²) >= 11 is 0. The van der Waals surface area contributed by atoms with Crippen molar-refractivity contribution in [3.05, 3.63) is 66.3 Å². The van der Waals surface area contributed by atoms with E-state index in [2.05, 4.69) is 23.5 Å². The number of hydrogen-bond acceptors (Lipinski definition) is 4. The second-order valence-corrected chi connectivity index (χ2v) is 9.94. The fraction of sp³-hybridized carbons (Fsp3) is 0.286. The van der Waals surface area contributed by atoms with Gasteiger partial charge in [0.25, 0.3) is 0 Å². The van der Waals surface area contributed by atoms with Crippen LogP contribution >= 0.6 is 7.92 Å². The number of rotatable bonds is 4. The maximum absolute atomic E-state index is 14.4. The Morgan fingerprint density at radius 2 is 1.97 bits per heavy atom. The third kappa shape index (κ3) is 3.25. The smallest absolute Gasteiger partial charge is 0.183 e. The van der Waals surface area contributed by atoms with Gasteiger partial charge in [-0.2, -0.15) is 10.2 Å². The number of benzene rings is 1. The number of fused-ring (bicyclic) bond motifs is 1. The maximum Gasteiger partial charge on any atom is 0.183 e. The lowest BCUT2D eigenvalue weighted by molar-refractivity contribution is 0.560. The number of hydrogen-bond donors (Lipinski definition) is 0. The highest BCUT2D eigenvalue weighted by Crippen LogP contribution is 2.37. The highest BCUT2D eigenvalue weighted by Gasteiger charge is 2.30. The van der Waals surface area contributed by atoms with Crippen LogP contribution in [0.2, 0.25) is 0 Å². The van der Waals surface area contributed by atoms with E-state index in [-0.39, 0.29) is 19.8 Å². The van der Waals surface area contributed by atoms with Crippen LogP contribution in [0, 0.1) is 11.6 Å². The molecule has 30 heavy (non-hydrogen) atoms. The van der Waals surface area contributed by atoms with Gasteiger partial charge in [-0.25, -0.2) is 23.0 Å². The Balaban J connectivity index is 1.55. The van der Waals surface area contributed by atoms with Gasteiger partial charge in [-0.15, -0.1) is 0 Å². The van der Waals surface area contributed by atoms with Crippen molar-refractivity contribution in [3.8, 4) is 5.69 Å². The van der Waals surface area contributed by atoms with E-state index in [4.69, 9.17) is 4.98 Å². The molecule has 1 aromatic carbocycles. The van der Waals surface area contributed by atoms with Gasteiger partial charge >= 0.3 is 0 Å². The summed E-state index contributed by atoms with van der Waals surface area (Å²) in [5, 5.41) is 10.1. The minimum Gasteiger partial charge on any atom is -0.349 e. The molecule has 1 saturated heterocycles. The predicted octanol–water partition coefficient (Wildman–Crippen LogP) is 3.90. The summed E-state index contributed by atoms with van der Waals surface area (Å²) in [5.41, 5.74) is 1.83. The molecule has 1 fully saturated rings. The average molecular weight is 426 g/mol. The van der Waals surface area contributed by atoms with E-state index in [0.717, 1.165) is 37.0 Å². The summed E-state index contributed by atoms with van der Waals surface area (Å²) in [6.45, 7) is 5.10. The second kappa shape index (κ2) is 7.43. The summed E-state index contributed by atoms with van der Waals surface area (Å²) < 4.78 is 31.7. The fourth-order valence-electron chi connectivity index (χ4n) is 3.98. The van der Waals surface area contributed by atoms with Crippen molar-refractivity contribution in [2.24, 2.45) is 0 Å². The van der Waals surface area contributed by atoms with Crippen molar-refractivity contribution in [1.29, 1.82) is 0 Å². The van der Waals surface area contributed by atoms with Gasteiger partial charge in [-0.1, -0.05) is 7.92 Å². The highest BCUT2D eigenvalue weighted by atomic mass is 31.1. The van der Waals surface area contributed by atoms with Crippen LogP contribution in [0.1, 0.15) is 24.4 Å². The van der Waals surface area contributed by atoms with Gasteiger partial charge in [0, 0.05) is 29.8 Å². The Hall–Kier alpha value is -2.86. The molecule has 4 aromatic rings. The van der Waals surface area contributed by atoms with Crippen LogP contribution in [-0.2, 0) is 0 Å². The van der Waals surface area contributed by atoms with Crippen molar-refractivity contribution in [2.45, 2.75) is 18.9 Å². The van der Waals surface area contributed by atoms with E-state index in [0.29, 0.717) is 11.2 Å². The topological polar surface area (TPSA) is 51.3 Å². The molecule has 3 aromatic heterocycles. The number of aromatic nitrogens is 5. The number of anilines is 1. The maximum atomic E-state index is 14.4. The zero-order valence-corrected chi connectivity index (χ0v) is 17.6. The van der Waals surface area contributed by atoms with Crippen molar-refractivity contribution >= 4 is 24.7 Å². The third-order valence-corrected chi connectivity index (χ3v) is 6.80. The molecule has 1 aliphatic heterocycles. The molecule has 0 bridgehead atoms. The molecule has 1 aliphatic rings. The first-order valence-corrected chi connectivity index (χ1v) is 12.0. The largest absolute Gasteiger partial charge is 0.349 e. The Bertz CT molecular complexity index is 1220. The second-order valence-electron chi connectivity index (χ2n) is 7.64. The molecule has 6 nitrogen and oxygen atoms in total. The molecule has 0 saturated carbocycles. The number of halogens is 2.